The molecule has 0 aliphatic heterocycles. The number of aromatic hydroxyl groups is 1. The molecule has 0 atom stereocenters. The van der Waals surface area contributed by atoms with Crippen molar-refractivity contribution in [3.63, 3.8) is 0 Å². The zero-order chi connectivity index (χ0) is 17.5. The first-order chi connectivity index (χ1) is 12.3. The Morgan fingerprint density at radius 3 is 2.08 bits per heavy atom. The van der Waals surface area contributed by atoms with E-state index in [9.17, 15) is 10.2 Å². The van der Waals surface area contributed by atoms with Crippen molar-refractivity contribution in [1.82, 2.24) is 0 Å². The molecule has 2 nitrogen and oxygen atoms in total. The van der Waals surface area contributed by atoms with Crippen LogP contribution in [0.3, 0.4) is 0 Å². The van der Waals surface area contributed by atoms with E-state index in [0.29, 0.717) is 5.56 Å². The minimum Gasteiger partial charge on any atom is -0.507 e. The third kappa shape index (κ3) is 4.17. The highest BCUT2D eigenvalue weighted by Crippen LogP contribution is 2.23. The maximum Gasteiger partial charge on any atom is 0.131 e. The Labute approximate surface area is 147 Å². The summed E-state index contributed by atoms with van der Waals surface area (Å²) in [6.45, 7) is -0.0148. The average Bonchev–Trinajstić information content (AvgIpc) is 2.67. The van der Waals surface area contributed by atoms with E-state index < -0.39 is 0 Å². The van der Waals surface area contributed by atoms with Crippen LogP contribution in [0.15, 0.2) is 84.9 Å². The molecule has 3 aromatic carbocycles. The Bertz CT molecular complexity index is 927. The van der Waals surface area contributed by atoms with Gasteiger partial charge in [0.2, 0.25) is 0 Å². The zero-order valence-corrected chi connectivity index (χ0v) is 13.7. The molecule has 3 rings (SSSR count). The number of hydrogen-bond acceptors (Lipinski definition) is 2. The van der Waals surface area contributed by atoms with Gasteiger partial charge in [0.05, 0.1) is 12.2 Å². The van der Waals surface area contributed by atoms with Crippen molar-refractivity contribution in [2.75, 3.05) is 6.61 Å². The van der Waals surface area contributed by atoms with Crippen molar-refractivity contribution >= 4 is 5.57 Å². The molecule has 0 aromatic heterocycles. The van der Waals surface area contributed by atoms with Gasteiger partial charge in [-0.3, -0.25) is 0 Å². The molecule has 0 aliphatic carbocycles. The Hall–Kier alpha value is -3.28. The summed E-state index contributed by atoms with van der Waals surface area (Å²) in [6, 6.07) is 24.9. The summed E-state index contributed by atoms with van der Waals surface area (Å²) in [5, 5.41) is 19.1. The highest BCUT2D eigenvalue weighted by Gasteiger charge is 2.04. The predicted octanol–water partition coefficient (Wildman–Crippen LogP) is 4.22. The molecule has 0 heterocycles. The van der Waals surface area contributed by atoms with Crippen molar-refractivity contribution in [2.24, 2.45) is 0 Å². The van der Waals surface area contributed by atoms with E-state index in [-0.39, 0.29) is 12.4 Å². The van der Waals surface area contributed by atoms with Gasteiger partial charge in [-0.05, 0) is 41.0 Å². The largest absolute Gasteiger partial charge is 0.507 e. The SMILES string of the molecule is OC/C=C(\c1ccccc1)c1ccc(C#Cc2ccccc2O)cc1. The molecule has 0 unspecified atom stereocenters. The van der Waals surface area contributed by atoms with Crippen LogP contribution < -0.4 is 0 Å². The fourth-order valence-corrected chi connectivity index (χ4v) is 2.56. The maximum atomic E-state index is 9.76. The number of rotatable bonds is 3. The Balaban J connectivity index is 1.87. The van der Waals surface area contributed by atoms with Gasteiger partial charge in [0.25, 0.3) is 0 Å². The van der Waals surface area contributed by atoms with Crippen molar-refractivity contribution in [1.29, 1.82) is 0 Å². The fraction of sp³-hybridized carbons (Fsp3) is 0.0435. The fourth-order valence-electron chi connectivity index (χ4n) is 2.56. The average molecular weight is 326 g/mol. The third-order valence-electron chi connectivity index (χ3n) is 3.82. The molecular formula is C23H18O2. The molecule has 0 bridgehead atoms. The van der Waals surface area contributed by atoms with Gasteiger partial charge < -0.3 is 10.2 Å². The number of phenolic OH excluding ortho intramolecular Hbond substituents is 1. The van der Waals surface area contributed by atoms with Gasteiger partial charge in [-0.2, -0.15) is 0 Å². The summed E-state index contributed by atoms with van der Waals surface area (Å²) in [5.41, 5.74) is 4.54. The smallest absolute Gasteiger partial charge is 0.131 e. The van der Waals surface area contributed by atoms with Crippen molar-refractivity contribution < 1.29 is 10.2 Å². The number of hydrogen-bond donors (Lipinski definition) is 2. The second-order valence-electron chi connectivity index (χ2n) is 5.51. The molecule has 2 heteroatoms. The van der Waals surface area contributed by atoms with Gasteiger partial charge >= 0.3 is 0 Å². The van der Waals surface area contributed by atoms with Crippen molar-refractivity contribution in [2.45, 2.75) is 0 Å². The number of aliphatic hydroxyl groups excluding tert-OH is 1. The Kier molecular flexibility index (Phi) is 5.31. The summed E-state index contributed by atoms with van der Waals surface area (Å²) >= 11 is 0. The van der Waals surface area contributed by atoms with Crippen LogP contribution in [0.2, 0.25) is 0 Å². The molecule has 0 saturated heterocycles. The summed E-state index contributed by atoms with van der Waals surface area (Å²) in [7, 11) is 0. The van der Waals surface area contributed by atoms with E-state index in [1.165, 1.54) is 0 Å². The molecule has 25 heavy (non-hydrogen) atoms. The van der Waals surface area contributed by atoms with Crippen LogP contribution in [0.4, 0.5) is 0 Å². The first kappa shape index (κ1) is 16.6. The van der Waals surface area contributed by atoms with Crippen molar-refractivity contribution in [3.05, 3.63) is 107 Å². The van der Waals surface area contributed by atoms with Crippen LogP contribution in [0.5, 0.6) is 5.75 Å². The van der Waals surface area contributed by atoms with Crippen LogP contribution in [0.1, 0.15) is 22.3 Å². The molecule has 0 saturated carbocycles. The summed E-state index contributed by atoms with van der Waals surface area (Å²) < 4.78 is 0. The van der Waals surface area contributed by atoms with Crippen LogP contribution in [-0.4, -0.2) is 16.8 Å². The second-order valence-corrected chi connectivity index (χ2v) is 5.51. The summed E-state index contributed by atoms with van der Waals surface area (Å²) in [4.78, 5) is 0. The molecule has 3 aromatic rings. The lowest BCUT2D eigenvalue weighted by molar-refractivity contribution is 0.343. The Morgan fingerprint density at radius 1 is 0.760 bits per heavy atom. The van der Waals surface area contributed by atoms with Crippen LogP contribution in [0.25, 0.3) is 5.57 Å². The van der Waals surface area contributed by atoms with E-state index in [0.717, 1.165) is 22.3 Å². The van der Waals surface area contributed by atoms with Gasteiger partial charge in [0, 0.05) is 5.56 Å². The number of aliphatic hydroxyl groups is 1. The minimum atomic E-state index is -0.0148. The van der Waals surface area contributed by atoms with Crippen molar-refractivity contribution in [3.8, 4) is 17.6 Å². The monoisotopic (exact) mass is 326 g/mol. The number of para-hydroxylation sites is 1. The highest BCUT2D eigenvalue weighted by molar-refractivity contribution is 5.80. The molecule has 0 aliphatic rings. The van der Waals surface area contributed by atoms with Gasteiger partial charge in [-0.25, -0.2) is 0 Å². The first-order valence-corrected chi connectivity index (χ1v) is 8.05. The molecule has 0 spiro atoms. The van der Waals surface area contributed by atoms with E-state index in [1.807, 2.05) is 60.7 Å². The minimum absolute atomic E-state index is 0.0148. The van der Waals surface area contributed by atoms with E-state index in [4.69, 9.17) is 0 Å². The normalized spacial score (nSPS) is 10.8. The van der Waals surface area contributed by atoms with Gasteiger partial charge in [0.1, 0.15) is 5.75 Å². The van der Waals surface area contributed by atoms with E-state index in [1.54, 1.807) is 24.3 Å². The molecular weight excluding hydrogens is 308 g/mol. The second kappa shape index (κ2) is 8.01. The third-order valence-corrected chi connectivity index (χ3v) is 3.82. The molecule has 0 amide bonds. The van der Waals surface area contributed by atoms with E-state index in [2.05, 4.69) is 11.8 Å². The molecule has 0 fully saturated rings. The van der Waals surface area contributed by atoms with Gasteiger partial charge in [-0.15, -0.1) is 0 Å². The lowest BCUT2D eigenvalue weighted by Gasteiger charge is -2.08. The lowest BCUT2D eigenvalue weighted by atomic mass is 9.97. The quantitative estimate of drug-likeness (QED) is 0.708. The lowest BCUT2D eigenvalue weighted by Crippen LogP contribution is -1.90. The molecule has 122 valence electrons. The maximum absolute atomic E-state index is 9.76. The Morgan fingerprint density at radius 2 is 1.40 bits per heavy atom. The predicted molar refractivity (Wildman–Crippen MR) is 101 cm³/mol. The van der Waals surface area contributed by atoms with Crippen LogP contribution in [-0.2, 0) is 0 Å². The summed E-state index contributed by atoms with van der Waals surface area (Å²) in [5.74, 6) is 6.23. The van der Waals surface area contributed by atoms with Crippen LogP contribution in [0, 0.1) is 11.8 Å². The zero-order valence-electron chi connectivity index (χ0n) is 13.7. The highest BCUT2D eigenvalue weighted by atomic mass is 16.3. The molecule has 2 N–H and O–H groups in total. The topological polar surface area (TPSA) is 40.5 Å². The van der Waals surface area contributed by atoms with E-state index >= 15 is 0 Å². The number of benzene rings is 3. The first-order valence-electron chi connectivity index (χ1n) is 8.05. The van der Waals surface area contributed by atoms with Crippen LogP contribution >= 0.6 is 0 Å². The standard InChI is InChI=1S/C23H18O2/c24-17-16-22(19-6-2-1-3-7-19)20-13-10-18(11-14-20)12-15-21-8-4-5-9-23(21)25/h1-11,13-14,16,24-25H,17H2/b22-16+. The summed E-state index contributed by atoms with van der Waals surface area (Å²) in [6.07, 6.45) is 1.80. The van der Waals surface area contributed by atoms with Gasteiger partial charge in [-0.1, -0.05) is 72.5 Å². The number of phenols is 1. The molecule has 0 radical (unpaired) electrons. The van der Waals surface area contributed by atoms with Gasteiger partial charge in [0.15, 0.2) is 0 Å².